The van der Waals surface area contributed by atoms with E-state index in [4.69, 9.17) is 28.3 Å². The molecular weight excluding hydrogens is 227 g/mol. The van der Waals surface area contributed by atoms with Crippen molar-refractivity contribution in [3.8, 4) is 0 Å². The molecule has 1 rings (SSSR count). The van der Waals surface area contributed by atoms with Crippen LogP contribution in [0.1, 0.15) is 13.8 Å². The fourth-order valence-corrected chi connectivity index (χ4v) is 0.982. The second kappa shape index (κ2) is 4.25. The highest BCUT2D eigenvalue weighted by atomic mass is 35.5. The topological polar surface area (TPSA) is 70.9 Å². The molecule has 78 valence electrons. The maximum atomic E-state index is 9.01. The molecule has 0 unspecified atom stereocenters. The van der Waals surface area contributed by atoms with E-state index >= 15 is 0 Å². The summed E-state index contributed by atoms with van der Waals surface area (Å²) in [6, 6.07) is 0. The first-order valence-electron chi connectivity index (χ1n) is 3.89. The molecule has 14 heavy (non-hydrogen) atoms. The first kappa shape index (κ1) is 11.4. The largest absolute Gasteiger partial charge is 0.394 e. The highest BCUT2D eigenvalue weighted by Crippen LogP contribution is 2.20. The number of nitrogens with one attached hydrogen (secondary N) is 1. The van der Waals surface area contributed by atoms with Gasteiger partial charge in [0.15, 0.2) is 11.0 Å². The molecule has 0 aliphatic carbocycles. The van der Waals surface area contributed by atoms with Gasteiger partial charge in [0.25, 0.3) is 0 Å². The zero-order chi connectivity index (χ0) is 10.8. The highest BCUT2D eigenvalue weighted by Gasteiger charge is 2.19. The van der Waals surface area contributed by atoms with E-state index in [0.29, 0.717) is 5.82 Å². The van der Waals surface area contributed by atoms with Crippen molar-refractivity contribution < 1.29 is 5.11 Å². The van der Waals surface area contributed by atoms with Gasteiger partial charge in [0.05, 0.1) is 12.1 Å². The average Bonchev–Trinajstić information content (AvgIpc) is 2.11. The minimum absolute atomic E-state index is 0.00522. The number of aromatic nitrogens is 3. The molecule has 7 heteroatoms. The molecule has 0 saturated carbocycles. The van der Waals surface area contributed by atoms with Crippen LogP contribution in [0.25, 0.3) is 0 Å². The summed E-state index contributed by atoms with van der Waals surface area (Å²) >= 11 is 11.3. The Bertz CT molecular complexity index is 331. The third kappa shape index (κ3) is 2.94. The predicted octanol–water partition coefficient (Wildman–Crippen LogP) is 1.36. The monoisotopic (exact) mass is 236 g/mol. The predicted molar refractivity (Wildman–Crippen MR) is 54.6 cm³/mol. The summed E-state index contributed by atoms with van der Waals surface area (Å²) in [5, 5.41) is 19.1. The van der Waals surface area contributed by atoms with Crippen LogP contribution >= 0.6 is 23.2 Å². The summed E-state index contributed by atoms with van der Waals surface area (Å²) in [6.45, 7) is 3.52. The van der Waals surface area contributed by atoms with Crippen molar-refractivity contribution in [2.24, 2.45) is 0 Å². The van der Waals surface area contributed by atoms with Gasteiger partial charge < -0.3 is 10.4 Å². The third-order valence-electron chi connectivity index (χ3n) is 1.47. The summed E-state index contributed by atoms with van der Waals surface area (Å²) in [5.41, 5.74) is -0.539. The molecule has 0 amide bonds. The molecule has 0 atom stereocenters. The molecule has 0 fully saturated rings. The Morgan fingerprint density at radius 3 is 2.57 bits per heavy atom. The van der Waals surface area contributed by atoms with Crippen LogP contribution in [0.4, 0.5) is 5.82 Å². The summed E-state index contributed by atoms with van der Waals surface area (Å²) < 4.78 is 0. The van der Waals surface area contributed by atoms with Gasteiger partial charge in [-0.15, -0.1) is 10.2 Å². The Hall–Kier alpha value is -0.650. The van der Waals surface area contributed by atoms with Gasteiger partial charge in [0, 0.05) is 0 Å². The van der Waals surface area contributed by atoms with Crippen LogP contribution in [0.15, 0.2) is 0 Å². The Morgan fingerprint density at radius 1 is 1.36 bits per heavy atom. The Labute approximate surface area is 91.5 Å². The normalized spacial score (nSPS) is 11.5. The fraction of sp³-hybridized carbons (Fsp3) is 0.571. The van der Waals surface area contributed by atoms with Gasteiger partial charge in [-0.25, -0.2) is 0 Å². The van der Waals surface area contributed by atoms with Crippen molar-refractivity contribution in [2.75, 3.05) is 11.9 Å². The lowest BCUT2D eigenvalue weighted by Gasteiger charge is -2.24. The van der Waals surface area contributed by atoms with Crippen molar-refractivity contribution in [2.45, 2.75) is 19.4 Å². The van der Waals surface area contributed by atoms with Crippen molar-refractivity contribution in [3.05, 3.63) is 10.4 Å². The lowest BCUT2D eigenvalue weighted by molar-refractivity contribution is 0.234. The van der Waals surface area contributed by atoms with Gasteiger partial charge >= 0.3 is 0 Å². The van der Waals surface area contributed by atoms with Crippen LogP contribution in [0.3, 0.4) is 0 Å². The van der Waals surface area contributed by atoms with Crippen molar-refractivity contribution in [1.82, 2.24) is 15.2 Å². The van der Waals surface area contributed by atoms with Crippen molar-refractivity contribution >= 4 is 29.0 Å². The minimum atomic E-state index is -0.539. The molecular formula is C7H10Cl2N4O. The molecule has 0 spiro atoms. The Balaban J connectivity index is 2.91. The van der Waals surface area contributed by atoms with Gasteiger partial charge in [-0.2, -0.15) is 4.98 Å². The summed E-state index contributed by atoms with van der Waals surface area (Å²) in [6.07, 6.45) is 0. The molecule has 0 saturated heterocycles. The third-order valence-corrected chi connectivity index (χ3v) is 1.89. The number of aliphatic hydroxyl groups is 1. The first-order chi connectivity index (χ1) is 6.44. The second-order valence-corrected chi connectivity index (χ2v) is 4.08. The minimum Gasteiger partial charge on any atom is -0.394 e. The molecule has 1 aromatic rings. The molecule has 1 heterocycles. The van der Waals surface area contributed by atoms with E-state index < -0.39 is 5.54 Å². The molecule has 5 nitrogen and oxygen atoms in total. The van der Waals surface area contributed by atoms with Gasteiger partial charge in [-0.05, 0) is 25.4 Å². The molecule has 1 aromatic heterocycles. The maximum Gasteiger partial charge on any atom is 0.245 e. The van der Waals surface area contributed by atoms with Crippen molar-refractivity contribution in [3.63, 3.8) is 0 Å². The zero-order valence-electron chi connectivity index (χ0n) is 7.75. The number of halogens is 2. The second-order valence-electron chi connectivity index (χ2n) is 3.39. The SMILES string of the molecule is CC(C)(CO)Nc1nc(Cl)nnc1Cl. The van der Waals surface area contributed by atoms with Crippen molar-refractivity contribution in [1.29, 1.82) is 0 Å². The quantitative estimate of drug-likeness (QED) is 0.830. The number of hydrogen-bond acceptors (Lipinski definition) is 5. The number of nitrogens with zero attached hydrogens (tertiary/aromatic N) is 3. The average molecular weight is 237 g/mol. The van der Waals surface area contributed by atoms with Crippen LogP contribution in [-0.2, 0) is 0 Å². The standard InChI is InChI=1S/C7H10Cl2N4O/c1-7(2,3-14)11-5-4(8)12-13-6(9)10-5/h14H,3H2,1-2H3,(H,10,11,13). The zero-order valence-corrected chi connectivity index (χ0v) is 9.26. The van der Waals surface area contributed by atoms with Gasteiger partial charge in [0.1, 0.15) is 0 Å². The van der Waals surface area contributed by atoms with Gasteiger partial charge in [0.2, 0.25) is 5.28 Å². The van der Waals surface area contributed by atoms with E-state index in [-0.39, 0.29) is 17.0 Å². The van der Waals surface area contributed by atoms with E-state index in [1.165, 1.54) is 0 Å². The molecule has 0 radical (unpaired) electrons. The smallest absolute Gasteiger partial charge is 0.245 e. The Morgan fingerprint density at radius 2 is 2.00 bits per heavy atom. The molecule has 0 aliphatic rings. The maximum absolute atomic E-state index is 9.01. The first-order valence-corrected chi connectivity index (χ1v) is 4.65. The van der Waals surface area contributed by atoms with Crippen LogP contribution in [-0.4, -0.2) is 32.4 Å². The number of anilines is 1. The number of rotatable bonds is 3. The summed E-state index contributed by atoms with van der Waals surface area (Å²) in [5.74, 6) is 0.311. The highest BCUT2D eigenvalue weighted by molar-refractivity contribution is 6.32. The molecule has 0 aromatic carbocycles. The van der Waals surface area contributed by atoms with Gasteiger partial charge in [-0.3, -0.25) is 0 Å². The number of hydrogen-bond donors (Lipinski definition) is 2. The fourth-order valence-electron chi connectivity index (χ4n) is 0.733. The van der Waals surface area contributed by atoms with Crippen LogP contribution in [0.5, 0.6) is 0 Å². The van der Waals surface area contributed by atoms with Gasteiger partial charge in [-0.1, -0.05) is 11.6 Å². The lowest BCUT2D eigenvalue weighted by atomic mass is 10.1. The van der Waals surface area contributed by atoms with E-state index in [0.717, 1.165) is 0 Å². The van der Waals surface area contributed by atoms with Crippen LogP contribution in [0.2, 0.25) is 10.4 Å². The van der Waals surface area contributed by atoms with Crippen LogP contribution < -0.4 is 5.32 Å². The van der Waals surface area contributed by atoms with E-state index in [1.807, 2.05) is 0 Å². The summed E-state index contributed by atoms with van der Waals surface area (Å²) in [4.78, 5) is 3.84. The Kier molecular flexibility index (Phi) is 3.47. The van der Waals surface area contributed by atoms with E-state index in [2.05, 4.69) is 20.5 Å². The van der Waals surface area contributed by atoms with Crippen LogP contribution in [0, 0.1) is 0 Å². The molecule has 2 N–H and O–H groups in total. The van der Waals surface area contributed by atoms with E-state index in [1.54, 1.807) is 13.8 Å². The lowest BCUT2D eigenvalue weighted by Crippen LogP contribution is -2.35. The molecule has 0 aliphatic heterocycles. The number of aliphatic hydroxyl groups excluding tert-OH is 1. The molecule has 0 bridgehead atoms. The summed E-state index contributed by atoms with van der Waals surface area (Å²) in [7, 11) is 0. The van der Waals surface area contributed by atoms with E-state index in [9.17, 15) is 0 Å².